The minimum Gasteiger partial charge on any atom is -0.507 e. The molecule has 0 spiro atoms. The molecule has 0 bridgehead atoms. The number of aromatic hydroxyl groups is 1. The number of phenolic OH excluding ortho intramolecular Hbond substituents is 1. The Balaban J connectivity index is 2.52. The zero-order valence-corrected chi connectivity index (χ0v) is 9.78. The maximum Gasteiger partial charge on any atom is 0.353 e. The molecule has 6 heteroatoms. The molecule has 0 fully saturated rings. The van der Waals surface area contributed by atoms with Gasteiger partial charge in [-0.15, -0.1) is 11.8 Å². The molecule has 0 aliphatic heterocycles. The molecule has 0 radical (unpaired) electrons. The van der Waals surface area contributed by atoms with Gasteiger partial charge in [-0.05, 0) is 18.4 Å². The molecule has 0 saturated carbocycles. The number of carboxylic acids is 1. The number of hydrogen-bond acceptors (Lipinski definition) is 4. The Morgan fingerprint density at radius 1 is 1.47 bits per heavy atom. The average Bonchev–Trinajstić information content (AvgIpc) is 2.77. The first-order valence-corrected chi connectivity index (χ1v) is 6.01. The van der Waals surface area contributed by atoms with E-state index < -0.39 is 5.97 Å². The maximum absolute atomic E-state index is 10.7. The van der Waals surface area contributed by atoms with Crippen molar-refractivity contribution < 1.29 is 15.0 Å². The van der Waals surface area contributed by atoms with Gasteiger partial charge in [0.15, 0.2) is 0 Å². The summed E-state index contributed by atoms with van der Waals surface area (Å²) in [7, 11) is 0. The number of phenols is 1. The number of rotatable bonds is 3. The number of benzene rings is 1. The molecule has 1 heterocycles. The number of carbonyl (C=O) groups is 1. The van der Waals surface area contributed by atoms with Gasteiger partial charge in [0.2, 0.25) is 0 Å². The summed E-state index contributed by atoms with van der Waals surface area (Å²) in [5, 5.41) is 24.9. The van der Waals surface area contributed by atoms with E-state index in [2.05, 4.69) is 10.2 Å². The first-order valence-electron chi connectivity index (χ1n) is 4.78. The Bertz CT molecular complexity index is 566. The standard InChI is InChI=1S/C11H10N2O3S/c1-17-10-6(3-2-4-9(10)14)7-5-8(11(15)16)13-12-7/h2-5,14H,1H3,(H,12,13)(H,15,16). The molecule has 2 rings (SSSR count). The molecule has 0 saturated heterocycles. The number of hydrogen-bond donors (Lipinski definition) is 3. The van der Waals surface area contributed by atoms with Gasteiger partial charge in [0, 0.05) is 5.56 Å². The van der Waals surface area contributed by atoms with E-state index in [9.17, 15) is 9.90 Å². The number of aromatic carboxylic acids is 1. The number of aromatic nitrogens is 2. The minimum atomic E-state index is -1.06. The lowest BCUT2D eigenvalue weighted by Gasteiger charge is -2.05. The van der Waals surface area contributed by atoms with Crippen LogP contribution in [0.5, 0.6) is 5.75 Å². The molecule has 0 atom stereocenters. The highest BCUT2D eigenvalue weighted by atomic mass is 32.2. The van der Waals surface area contributed by atoms with Crippen LogP contribution in [-0.2, 0) is 0 Å². The molecule has 2 aromatic rings. The SMILES string of the molecule is CSc1c(O)cccc1-c1cc(C(=O)O)[nH]n1. The van der Waals surface area contributed by atoms with Crippen molar-refractivity contribution in [3.05, 3.63) is 30.0 Å². The van der Waals surface area contributed by atoms with E-state index in [1.807, 2.05) is 6.26 Å². The molecule has 0 amide bonds. The summed E-state index contributed by atoms with van der Waals surface area (Å²) in [5.74, 6) is -0.899. The first-order chi connectivity index (χ1) is 8.13. The predicted molar refractivity (Wildman–Crippen MR) is 64.4 cm³/mol. The van der Waals surface area contributed by atoms with Crippen molar-refractivity contribution in [1.29, 1.82) is 0 Å². The zero-order chi connectivity index (χ0) is 12.4. The average molecular weight is 250 g/mol. The molecule has 3 N–H and O–H groups in total. The Morgan fingerprint density at radius 2 is 2.24 bits per heavy atom. The number of H-pyrrole nitrogens is 1. The van der Waals surface area contributed by atoms with Gasteiger partial charge in [0.05, 0.1) is 10.6 Å². The van der Waals surface area contributed by atoms with Crippen LogP contribution in [0.1, 0.15) is 10.5 Å². The number of carboxylic acid groups (broad SMARTS) is 1. The summed E-state index contributed by atoms with van der Waals surface area (Å²) >= 11 is 1.38. The third-order valence-electron chi connectivity index (χ3n) is 2.28. The monoisotopic (exact) mass is 250 g/mol. The smallest absolute Gasteiger partial charge is 0.353 e. The van der Waals surface area contributed by atoms with E-state index in [1.165, 1.54) is 17.8 Å². The summed E-state index contributed by atoms with van der Waals surface area (Å²) in [6.45, 7) is 0. The van der Waals surface area contributed by atoms with Crippen molar-refractivity contribution in [2.75, 3.05) is 6.26 Å². The van der Waals surface area contributed by atoms with Gasteiger partial charge >= 0.3 is 5.97 Å². The Labute approximate surface area is 101 Å². The van der Waals surface area contributed by atoms with Crippen LogP contribution >= 0.6 is 11.8 Å². The van der Waals surface area contributed by atoms with Crippen LogP contribution in [-0.4, -0.2) is 32.6 Å². The molecular formula is C11H10N2O3S. The van der Waals surface area contributed by atoms with Crippen molar-refractivity contribution in [3.8, 4) is 17.0 Å². The molecule has 1 aromatic heterocycles. The molecule has 1 aromatic carbocycles. The van der Waals surface area contributed by atoms with Crippen LogP contribution in [0.3, 0.4) is 0 Å². The highest BCUT2D eigenvalue weighted by Crippen LogP contribution is 2.35. The highest BCUT2D eigenvalue weighted by molar-refractivity contribution is 7.98. The highest BCUT2D eigenvalue weighted by Gasteiger charge is 2.13. The Hall–Kier alpha value is -1.95. The molecule has 17 heavy (non-hydrogen) atoms. The molecular weight excluding hydrogens is 240 g/mol. The van der Waals surface area contributed by atoms with Crippen LogP contribution in [0.15, 0.2) is 29.2 Å². The van der Waals surface area contributed by atoms with Gasteiger partial charge in [0.25, 0.3) is 0 Å². The fraction of sp³-hybridized carbons (Fsp3) is 0.0909. The topological polar surface area (TPSA) is 86.2 Å². The summed E-state index contributed by atoms with van der Waals surface area (Å²) in [6.07, 6.45) is 1.84. The van der Waals surface area contributed by atoms with E-state index in [0.717, 1.165) is 0 Å². The second-order valence-electron chi connectivity index (χ2n) is 3.33. The molecule has 0 unspecified atom stereocenters. The van der Waals surface area contributed by atoms with E-state index >= 15 is 0 Å². The van der Waals surface area contributed by atoms with Crippen LogP contribution in [0.4, 0.5) is 0 Å². The lowest BCUT2D eigenvalue weighted by molar-refractivity contribution is 0.0690. The second kappa shape index (κ2) is 4.50. The fourth-order valence-electron chi connectivity index (χ4n) is 1.51. The van der Waals surface area contributed by atoms with Crippen LogP contribution in [0.25, 0.3) is 11.3 Å². The molecule has 5 nitrogen and oxygen atoms in total. The minimum absolute atomic E-state index is 0.0235. The predicted octanol–water partition coefficient (Wildman–Crippen LogP) is 2.20. The van der Waals surface area contributed by atoms with Crippen molar-refractivity contribution in [3.63, 3.8) is 0 Å². The molecule has 0 aliphatic rings. The number of aromatic amines is 1. The van der Waals surface area contributed by atoms with Crippen LogP contribution in [0, 0.1) is 0 Å². The summed E-state index contributed by atoms with van der Waals surface area (Å²) < 4.78 is 0. The summed E-state index contributed by atoms with van der Waals surface area (Å²) in [4.78, 5) is 11.4. The lowest BCUT2D eigenvalue weighted by atomic mass is 10.1. The quantitative estimate of drug-likeness (QED) is 0.727. The third kappa shape index (κ3) is 2.12. The van der Waals surface area contributed by atoms with E-state index in [1.54, 1.807) is 18.2 Å². The Kier molecular flexibility index (Phi) is 3.06. The Morgan fingerprint density at radius 3 is 2.82 bits per heavy atom. The van der Waals surface area contributed by atoms with Crippen LogP contribution in [0.2, 0.25) is 0 Å². The number of nitrogens with one attached hydrogen (secondary N) is 1. The van der Waals surface area contributed by atoms with Crippen molar-refractivity contribution >= 4 is 17.7 Å². The van der Waals surface area contributed by atoms with E-state index in [0.29, 0.717) is 16.2 Å². The van der Waals surface area contributed by atoms with Gasteiger partial charge < -0.3 is 10.2 Å². The number of nitrogens with zero attached hydrogens (tertiary/aromatic N) is 1. The summed E-state index contributed by atoms with van der Waals surface area (Å²) in [5.41, 5.74) is 1.24. The maximum atomic E-state index is 10.7. The van der Waals surface area contributed by atoms with Gasteiger partial charge in [-0.3, -0.25) is 5.10 Å². The number of thioether (sulfide) groups is 1. The van der Waals surface area contributed by atoms with Gasteiger partial charge in [0.1, 0.15) is 11.4 Å². The van der Waals surface area contributed by atoms with Crippen molar-refractivity contribution in [1.82, 2.24) is 10.2 Å². The molecule has 0 aliphatic carbocycles. The second-order valence-corrected chi connectivity index (χ2v) is 4.15. The lowest BCUT2D eigenvalue weighted by Crippen LogP contribution is -1.95. The van der Waals surface area contributed by atoms with Gasteiger partial charge in [-0.1, -0.05) is 12.1 Å². The normalized spacial score (nSPS) is 10.4. The van der Waals surface area contributed by atoms with Crippen molar-refractivity contribution in [2.24, 2.45) is 0 Å². The first kappa shape index (κ1) is 11.5. The van der Waals surface area contributed by atoms with E-state index in [-0.39, 0.29) is 11.4 Å². The van der Waals surface area contributed by atoms with Crippen LogP contribution < -0.4 is 0 Å². The fourth-order valence-corrected chi connectivity index (χ4v) is 2.18. The molecule has 88 valence electrons. The van der Waals surface area contributed by atoms with Gasteiger partial charge in [-0.25, -0.2) is 4.79 Å². The zero-order valence-electron chi connectivity index (χ0n) is 8.97. The third-order valence-corrected chi connectivity index (χ3v) is 3.12. The van der Waals surface area contributed by atoms with Crippen molar-refractivity contribution in [2.45, 2.75) is 4.90 Å². The van der Waals surface area contributed by atoms with Gasteiger partial charge in [-0.2, -0.15) is 5.10 Å². The summed E-state index contributed by atoms with van der Waals surface area (Å²) in [6, 6.07) is 6.50. The van der Waals surface area contributed by atoms with E-state index in [4.69, 9.17) is 5.11 Å². The largest absolute Gasteiger partial charge is 0.507 e.